The molecule has 20 heavy (non-hydrogen) atoms. The summed E-state index contributed by atoms with van der Waals surface area (Å²) in [6.45, 7) is 3.04. The van der Waals surface area contributed by atoms with Crippen LogP contribution in [0.5, 0.6) is 0 Å². The van der Waals surface area contributed by atoms with Crippen LogP contribution >= 0.6 is 11.8 Å². The highest BCUT2D eigenvalue weighted by Crippen LogP contribution is 2.19. The van der Waals surface area contributed by atoms with Gasteiger partial charge in [0.1, 0.15) is 5.82 Å². The molecule has 2 rings (SSSR count). The van der Waals surface area contributed by atoms with Crippen molar-refractivity contribution in [3.63, 3.8) is 0 Å². The van der Waals surface area contributed by atoms with Crippen LogP contribution in [0.1, 0.15) is 12.6 Å². The smallest absolute Gasteiger partial charge is 0.123 e. The normalized spacial score (nSPS) is 12.3. The molecule has 0 saturated heterocycles. The largest absolute Gasteiger partial charge is 0.313 e. The third-order valence-electron chi connectivity index (χ3n) is 2.94. The lowest BCUT2D eigenvalue weighted by atomic mass is 10.1. The van der Waals surface area contributed by atoms with E-state index in [2.05, 4.69) is 17.2 Å². The molecule has 1 aromatic carbocycles. The third kappa shape index (κ3) is 4.94. The number of benzene rings is 1. The van der Waals surface area contributed by atoms with Gasteiger partial charge in [-0.15, -0.1) is 11.8 Å². The van der Waals surface area contributed by atoms with Crippen molar-refractivity contribution in [3.8, 4) is 0 Å². The van der Waals surface area contributed by atoms with E-state index in [0.29, 0.717) is 6.04 Å². The molecule has 0 aliphatic carbocycles. The molecule has 0 spiro atoms. The fourth-order valence-electron chi connectivity index (χ4n) is 1.98. The van der Waals surface area contributed by atoms with Gasteiger partial charge in [0.15, 0.2) is 0 Å². The highest BCUT2D eigenvalue weighted by molar-refractivity contribution is 7.99. The maximum atomic E-state index is 12.9. The molecule has 2 nitrogen and oxygen atoms in total. The van der Waals surface area contributed by atoms with Crippen LogP contribution in [0.4, 0.5) is 4.39 Å². The zero-order valence-electron chi connectivity index (χ0n) is 11.6. The Morgan fingerprint density at radius 3 is 2.65 bits per heavy atom. The predicted molar refractivity (Wildman–Crippen MR) is 82.5 cm³/mol. The van der Waals surface area contributed by atoms with Gasteiger partial charge in [-0.1, -0.05) is 13.0 Å². The fourth-order valence-corrected chi connectivity index (χ4v) is 2.94. The molecule has 106 valence electrons. The number of halogens is 1. The molecule has 0 aliphatic rings. The third-order valence-corrected chi connectivity index (χ3v) is 4.11. The maximum Gasteiger partial charge on any atom is 0.123 e. The van der Waals surface area contributed by atoms with Crippen molar-refractivity contribution in [1.29, 1.82) is 0 Å². The molecule has 1 heterocycles. The molecule has 1 unspecified atom stereocenters. The zero-order valence-corrected chi connectivity index (χ0v) is 12.4. The van der Waals surface area contributed by atoms with Crippen LogP contribution in [0.2, 0.25) is 0 Å². The summed E-state index contributed by atoms with van der Waals surface area (Å²) < 4.78 is 12.9. The standard InChI is InChI=1S/C16H19FN2S/c1-2-18-15(11-14-5-3-4-10-19-14)12-20-16-8-6-13(17)7-9-16/h3-10,15,18H,2,11-12H2,1H3. The molecule has 1 aromatic heterocycles. The Morgan fingerprint density at radius 1 is 1.20 bits per heavy atom. The van der Waals surface area contributed by atoms with Gasteiger partial charge in [0.25, 0.3) is 0 Å². The van der Waals surface area contributed by atoms with E-state index in [-0.39, 0.29) is 5.82 Å². The van der Waals surface area contributed by atoms with Crippen molar-refractivity contribution in [2.45, 2.75) is 24.3 Å². The highest BCUT2D eigenvalue weighted by Gasteiger charge is 2.09. The fraction of sp³-hybridized carbons (Fsp3) is 0.312. The highest BCUT2D eigenvalue weighted by atomic mass is 32.2. The Labute approximate surface area is 123 Å². The second kappa shape index (κ2) is 8.02. The van der Waals surface area contributed by atoms with Gasteiger partial charge in [-0.3, -0.25) is 4.98 Å². The first-order valence-electron chi connectivity index (χ1n) is 6.79. The number of hydrogen-bond acceptors (Lipinski definition) is 3. The Hall–Kier alpha value is -1.39. The van der Waals surface area contributed by atoms with E-state index in [1.165, 1.54) is 12.1 Å². The van der Waals surface area contributed by atoms with Crippen LogP contribution in [0, 0.1) is 5.82 Å². The minimum absolute atomic E-state index is 0.189. The lowest BCUT2D eigenvalue weighted by Gasteiger charge is -2.17. The minimum atomic E-state index is -0.189. The molecule has 0 bridgehead atoms. The summed E-state index contributed by atoms with van der Waals surface area (Å²) in [6.07, 6.45) is 2.73. The number of rotatable bonds is 7. The number of nitrogens with zero attached hydrogens (tertiary/aromatic N) is 1. The molecule has 4 heteroatoms. The number of hydrogen-bond donors (Lipinski definition) is 1. The first kappa shape index (κ1) is 15.0. The molecule has 0 saturated carbocycles. The van der Waals surface area contributed by atoms with Crippen LogP contribution in [-0.4, -0.2) is 23.3 Å². The first-order chi connectivity index (χ1) is 9.78. The molecule has 2 aromatic rings. The second-order valence-corrected chi connectivity index (χ2v) is 5.64. The quantitative estimate of drug-likeness (QED) is 0.790. The number of thioether (sulfide) groups is 1. The van der Waals surface area contributed by atoms with Gasteiger partial charge in [0.2, 0.25) is 0 Å². The number of nitrogens with one attached hydrogen (secondary N) is 1. The van der Waals surface area contributed by atoms with Crippen LogP contribution in [-0.2, 0) is 6.42 Å². The average Bonchev–Trinajstić information content (AvgIpc) is 2.48. The summed E-state index contributed by atoms with van der Waals surface area (Å²) in [4.78, 5) is 5.46. The van der Waals surface area contributed by atoms with Gasteiger partial charge in [-0.2, -0.15) is 0 Å². The summed E-state index contributed by atoms with van der Waals surface area (Å²) in [6, 6.07) is 13.0. The lowest BCUT2D eigenvalue weighted by molar-refractivity contribution is 0.566. The SMILES string of the molecule is CCNC(CSc1ccc(F)cc1)Cc1ccccn1. The van der Waals surface area contributed by atoms with Crippen LogP contribution < -0.4 is 5.32 Å². The van der Waals surface area contributed by atoms with E-state index in [0.717, 1.165) is 29.3 Å². The van der Waals surface area contributed by atoms with E-state index in [4.69, 9.17) is 0 Å². The van der Waals surface area contributed by atoms with E-state index >= 15 is 0 Å². The molecule has 1 atom stereocenters. The Balaban J connectivity index is 1.90. The van der Waals surface area contributed by atoms with Gasteiger partial charge in [0, 0.05) is 35.0 Å². The molecule has 1 N–H and O–H groups in total. The van der Waals surface area contributed by atoms with Gasteiger partial charge in [-0.05, 0) is 42.9 Å². The number of likely N-dealkylation sites (N-methyl/N-ethyl adjacent to an activating group) is 1. The van der Waals surface area contributed by atoms with Crippen molar-refractivity contribution in [2.75, 3.05) is 12.3 Å². The van der Waals surface area contributed by atoms with Gasteiger partial charge >= 0.3 is 0 Å². The summed E-state index contributed by atoms with van der Waals surface area (Å²) >= 11 is 1.74. The van der Waals surface area contributed by atoms with Gasteiger partial charge < -0.3 is 5.32 Å². The lowest BCUT2D eigenvalue weighted by Crippen LogP contribution is -2.33. The van der Waals surface area contributed by atoms with Crippen molar-refractivity contribution >= 4 is 11.8 Å². The summed E-state index contributed by atoms with van der Waals surface area (Å²) in [5, 5.41) is 3.48. The van der Waals surface area contributed by atoms with Crippen LogP contribution in [0.15, 0.2) is 53.6 Å². The van der Waals surface area contributed by atoms with E-state index in [9.17, 15) is 4.39 Å². The molecule has 0 fully saturated rings. The summed E-state index contributed by atoms with van der Waals surface area (Å²) in [5.41, 5.74) is 1.10. The Morgan fingerprint density at radius 2 is 2.00 bits per heavy atom. The van der Waals surface area contributed by atoms with Crippen LogP contribution in [0.3, 0.4) is 0 Å². The van der Waals surface area contributed by atoms with Gasteiger partial charge in [0.05, 0.1) is 0 Å². The topological polar surface area (TPSA) is 24.9 Å². The van der Waals surface area contributed by atoms with Crippen LogP contribution in [0.25, 0.3) is 0 Å². The maximum absolute atomic E-state index is 12.9. The molecular weight excluding hydrogens is 271 g/mol. The molecule has 0 aliphatic heterocycles. The second-order valence-electron chi connectivity index (χ2n) is 4.54. The summed E-state index contributed by atoms with van der Waals surface area (Å²) in [5.74, 6) is 0.752. The number of pyridine rings is 1. The predicted octanol–water partition coefficient (Wildman–Crippen LogP) is 3.53. The van der Waals surface area contributed by atoms with E-state index in [1.807, 2.05) is 36.5 Å². The van der Waals surface area contributed by atoms with Gasteiger partial charge in [-0.25, -0.2) is 4.39 Å². The Bertz CT molecular complexity index is 502. The molecule has 0 amide bonds. The van der Waals surface area contributed by atoms with Crippen molar-refractivity contribution in [3.05, 3.63) is 60.2 Å². The van der Waals surface area contributed by atoms with Crippen molar-refractivity contribution < 1.29 is 4.39 Å². The van der Waals surface area contributed by atoms with E-state index < -0.39 is 0 Å². The monoisotopic (exact) mass is 290 g/mol. The minimum Gasteiger partial charge on any atom is -0.313 e. The Kier molecular flexibility index (Phi) is 6.02. The zero-order chi connectivity index (χ0) is 14.2. The molecular formula is C16H19FN2S. The van der Waals surface area contributed by atoms with Crippen molar-refractivity contribution in [1.82, 2.24) is 10.3 Å². The van der Waals surface area contributed by atoms with E-state index in [1.54, 1.807) is 11.8 Å². The molecule has 0 radical (unpaired) electrons. The average molecular weight is 290 g/mol. The van der Waals surface area contributed by atoms with Crippen molar-refractivity contribution in [2.24, 2.45) is 0 Å². The number of aromatic nitrogens is 1. The first-order valence-corrected chi connectivity index (χ1v) is 7.78. The summed E-state index contributed by atoms with van der Waals surface area (Å²) in [7, 11) is 0.